The van der Waals surface area contributed by atoms with E-state index in [1.165, 1.54) is 16.8 Å². The molecule has 0 aliphatic carbocycles. The topological polar surface area (TPSA) is 18.5 Å². The maximum Gasteiger partial charge on any atom is 0.0802 e. The second-order valence-electron chi connectivity index (χ2n) is 5.76. The molecule has 0 radical (unpaired) electrons. The van der Waals surface area contributed by atoms with E-state index in [2.05, 4.69) is 84.1 Å². The van der Waals surface area contributed by atoms with Gasteiger partial charge in [-0.3, -0.25) is 10.0 Å². The minimum Gasteiger partial charge on any atom is -0.278 e. The van der Waals surface area contributed by atoms with Gasteiger partial charge in [-0.25, -0.2) is 0 Å². The van der Waals surface area contributed by atoms with E-state index in [-0.39, 0.29) is 5.54 Å². The predicted octanol–water partition coefficient (Wildman–Crippen LogP) is 3.48. The highest BCUT2D eigenvalue weighted by Gasteiger charge is 2.43. The van der Waals surface area contributed by atoms with Crippen molar-refractivity contribution in [3.63, 3.8) is 0 Å². The molecule has 1 N–H and O–H groups in total. The Hall–Kier alpha value is -2.26. The van der Waals surface area contributed by atoms with Crippen LogP contribution in [0.4, 0.5) is 5.69 Å². The van der Waals surface area contributed by atoms with Gasteiger partial charge in [0.05, 0.1) is 16.9 Å². The van der Waals surface area contributed by atoms with Crippen LogP contribution in [-0.2, 0) is 5.54 Å². The minimum atomic E-state index is -0.0496. The van der Waals surface area contributed by atoms with E-state index in [0.717, 1.165) is 5.69 Å². The van der Waals surface area contributed by atoms with Crippen LogP contribution in [0.1, 0.15) is 25.0 Å². The van der Waals surface area contributed by atoms with Crippen molar-refractivity contribution in [1.82, 2.24) is 10.5 Å². The number of para-hydroxylation sites is 1. The fourth-order valence-electron chi connectivity index (χ4n) is 3.07. The molecule has 2 aliphatic heterocycles. The van der Waals surface area contributed by atoms with Crippen LogP contribution < -0.4 is 10.5 Å². The Morgan fingerprint density at radius 2 is 1.60 bits per heavy atom. The Bertz CT molecular complexity index is 688. The molecule has 0 saturated heterocycles. The van der Waals surface area contributed by atoms with E-state index >= 15 is 0 Å². The number of hydrogen-bond donors (Lipinski definition) is 1. The van der Waals surface area contributed by atoms with Gasteiger partial charge in [0.1, 0.15) is 0 Å². The third-order valence-corrected chi connectivity index (χ3v) is 4.16. The highest BCUT2D eigenvalue weighted by Crippen LogP contribution is 2.46. The summed E-state index contributed by atoms with van der Waals surface area (Å²) in [5.74, 6) is 0. The first-order chi connectivity index (χ1) is 9.68. The van der Waals surface area contributed by atoms with Gasteiger partial charge in [-0.1, -0.05) is 42.5 Å². The van der Waals surface area contributed by atoms with Crippen LogP contribution in [0.25, 0.3) is 5.70 Å². The summed E-state index contributed by atoms with van der Waals surface area (Å²) in [6.07, 6.45) is 2.17. The van der Waals surface area contributed by atoms with Crippen LogP contribution in [0, 0.1) is 0 Å². The second-order valence-corrected chi connectivity index (χ2v) is 5.76. The van der Waals surface area contributed by atoms with Gasteiger partial charge in [-0.2, -0.15) is 0 Å². The number of nitrogens with one attached hydrogen (secondary N) is 1. The molecule has 0 saturated carbocycles. The predicted molar refractivity (Wildman–Crippen MR) is 81.3 cm³/mol. The number of anilines is 1. The number of benzene rings is 2. The summed E-state index contributed by atoms with van der Waals surface area (Å²) in [6, 6.07) is 19.0. The molecule has 0 bridgehead atoms. The quantitative estimate of drug-likeness (QED) is 0.850. The molecule has 2 aromatic rings. The molecule has 0 fully saturated rings. The van der Waals surface area contributed by atoms with E-state index in [1.54, 1.807) is 0 Å². The van der Waals surface area contributed by atoms with Crippen LogP contribution in [-0.4, -0.2) is 5.01 Å². The van der Waals surface area contributed by atoms with Crippen LogP contribution in [0.3, 0.4) is 0 Å². The molecule has 3 nitrogen and oxygen atoms in total. The summed E-state index contributed by atoms with van der Waals surface area (Å²) in [4.78, 5) is 0. The first kappa shape index (κ1) is 11.6. The van der Waals surface area contributed by atoms with Crippen molar-refractivity contribution in [2.24, 2.45) is 0 Å². The zero-order chi connectivity index (χ0) is 13.7. The van der Waals surface area contributed by atoms with Crippen LogP contribution in [0.15, 0.2) is 60.8 Å². The Morgan fingerprint density at radius 1 is 0.900 bits per heavy atom. The zero-order valence-corrected chi connectivity index (χ0v) is 11.7. The van der Waals surface area contributed by atoms with Crippen molar-refractivity contribution >= 4 is 11.4 Å². The third kappa shape index (κ3) is 1.44. The number of rotatable bonds is 1. The number of fused-ring (bicyclic) bond motifs is 3. The fourth-order valence-corrected chi connectivity index (χ4v) is 3.07. The lowest BCUT2D eigenvalue weighted by Crippen LogP contribution is -2.47. The van der Waals surface area contributed by atoms with Gasteiger partial charge in [-0.15, -0.1) is 5.53 Å². The van der Waals surface area contributed by atoms with Gasteiger partial charge < -0.3 is 0 Å². The average molecular weight is 263 g/mol. The van der Waals surface area contributed by atoms with Gasteiger partial charge in [0.2, 0.25) is 0 Å². The summed E-state index contributed by atoms with van der Waals surface area (Å²) >= 11 is 0. The monoisotopic (exact) mass is 263 g/mol. The average Bonchev–Trinajstić information content (AvgIpc) is 3.01. The van der Waals surface area contributed by atoms with Gasteiger partial charge in [-0.05, 0) is 31.5 Å². The molecule has 0 atom stereocenters. The molecule has 3 heteroatoms. The summed E-state index contributed by atoms with van der Waals surface area (Å²) < 4.78 is 0. The molecular formula is C17H17N3. The molecular weight excluding hydrogens is 246 g/mol. The van der Waals surface area contributed by atoms with E-state index in [0.29, 0.717) is 0 Å². The van der Waals surface area contributed by atoms with E-state index < -0.39 is 0 Å². The Morgan fingerprint density at radius 3 is 2.40 bits per heavy atom. The summed E-state index contributed by atoms with van der Waals surface area (Å²) in [5.41, 5.74) is 8.48. The second kappa shape index (κ2) is 3.87. The zero-order valence-electron chi connectivity index (χ0n) is 11.7. The van der Waals surface area contributed by atoms with Crippen LogP contribution in [0.5, 0.6) is 0 Å². The fraction of sp³-hybridized carbons (Fsp3) is 0.176. The lowest BCUT2D eigenvalue weighted by atomic mass is 9.94. The van der Waals surface area contributed by atoms with Crippen LogP contribution in [0.2, 0.25) is 0 Å². The smallest absolute Gasteiger partial charge is 0.0802 e. The molecule has 100 valence electrons. The van der Waals surface area contributed by atoms with Gasteiger partial charge >= 0.3 is 0 Å². The number of nitrogens with zero attached hydrogens (tertiary/aromatic N) is 2. The largest absolute Gasteiger partial charge is 0.278 e. The first-order valence-electron chi connectivity index (χ1n) is 6.90. The number of hydrogen-bond acceptors (Lipinski definition) is 3. The minimum absolute atomic E-state index is 0.0496. The van der Waals surface area contributed by atoms with Crippen molar-refractivity contribution in [3.8, 4) is 0 Å². The van der Waals surface area contributed by atoms with E-state index in [1.807, 2.05) is 6.07 Å². The van der Waals surface area contributed by atoms with Crippen molar-refractivity contribution in [2.75, 3.05) is 5.01 Å². The Balaban J connectivity index is 1.81. The summed E-state index contributed by atoms with van der Waals surface area (Å²) in [7, 11) is 0. The van der Waals surface area contributed by atoms with Gasteiger partial charge in [0, 0.05) is 11.8 Å². The molecule has 4 rings (SSSR count). The summed E-state index contributed by atoms with van der Waals surface area (Å²) in [5, 5.41) is 4.32. The highest BCUT2D eigenvalue weighted by molar-refractivity contribution is 5.77. The Labute approximate surface area is 119 Å². The molecule has 2 aromatic carbocycles. The maximum absolute atomic E-state index is 3.48. The molecule has 0 unspecified atom stereocenters. The molecule has 20 heavy (non-hydrogen) atoms. The normalized spacial score (nSPS) is 18.8. The molecule has 0 spiro atoms. The molecule has 2 heterocycles. The van der Waals surface area contributed by atoms with E-state index in [9.17, 15) is 0 Å². The Kier molecular flexibility index (Phi) is 2.24. The lowest BCUT2D eigenvalue weighted by molar-refractivity contribution is 0.161. The highest BCUT2D eigenvalue weighted by atomic mass is 15.8. The molecule has 0 amide bonds. The van der Waals surface area contributed by atoms with Crippen molar-refractivity contribution < 1.29 is 0 Å². The van der Waals surface area contributed by atoms with Crippen molar-refractivity contribution in [3.05, 3.63) is 71.9 Å². The van der Waals surface area contributed by atoms with Crippen molar-refractivity contribution in [2.45, 2.75) is 19.4 Å². The van der Waals surface area contributed by atoms with Crippen molar-refractivity contribution in [1.29, 1.82) is 0 Å². The van der Waals surface area contributed by atoms with Crippen LogP contribution >= 0.6 is 0 Å². The number of hydrazine groups is 2. The maximum atomic E-state index is 3.48. The van der Waals surface area contributed by atoms with Gasteiger partial charge in [0.15, 0.2) is 0 Å². The standard InChI is InChI=1S/C17H17N3/c1-17(2)15-11-7-6-10-14(15)16-12-19(18-20(16)17)13-8-4-3-5-9-13/h3-12,18H,1-2H3. The third-order valence-electron chi connectivity index (χ3n) is 4.16. The first-order valence-corrected chi connectivity index (χ1v) is 6.90. The summed E-state index contributed by atoms with van der Waals surface area (Å²) in [6.45, 7) is 4.49. The van der Waals surface area contributed by atoms with E-state index in [4.69, 9.17) is 0 Å². The lowest BCUT2D eigenvalue weighted by Gasteiger charge is -2.33. The molecule has 0 aromatic heterocycles. The van der Waals surface area contributed by atoms with Gasteiger partial charge in [0.25, 0.3) is 0 Å². The molecule has 2 aliphatic rings. The SMILES string of the molecule is CC1(C)c2ccccc2C2=CN(c3ccccc3)NN21.